The van der Waals surface area contributed by atoms with E-state index in [2.05, 4.69) is 35.6 Å². The van der Waals surface area contributed by atoms with E-state index in [-0.39, 0.29) is 0 Å². The van der Waals surface area contributed by atoms with Crippen molar-refractivity contribution >= 4 is 11.3 Å². The van der Waals surface area contributed by atoms with Crippen LogP contribution in [0, 0.1) is 6.92 Å². The number of thiazole rings is 1. The number of hydrogen-bond acceptors (Lipinski definition) is 4. The first-order valence-electron chi connectivity index (χ1n) is 6.45. The van der Waals surface area contributed by atoms with Gasteiger partial charge in [0.1, 0.15) is 5.76 Å². The van der Waals surface area contributed by atoms with Crippen molar-refractivity contribution in [1.29, 1.82) is 0 Å². The first-order valence-corrected chi connectivity index (χ1v) is 7.33. The van der Waals surface area contributed by atoms with E-state index >= 15 is 0 Å². The monoisotopic (exact) mass is 264 g/mol. The summed E-state index contributed by atoms with van der Waals surface area (Å²) in [4.78, 5) is 4.55. The van der Waals surface area contributed by atoms with E-state index in [9.17, 15) is 0 Å². The Labute approximate surface area is 112 Å². The fraction of sp³-hybridized carbons (Fsp3) is 0.500. The molecule has 0 aliphatic carbocycles. The average Bonchev–Trinajstić information content (AvgIpc) is 2.97. The minimum absolute atomic E-state index is 0.300. The molecule has 1 N–H and O–H groups in total. The van der Waals surface area contributed by atoms with Crippen molar-refractivity contribution in [2.45, 2.75) is 39.7 Å². The smallest absolute Gasteiger partial charge is 0.108 e. The van der Waals surface area contributed by atoms with Crippen LogP contribution in [0.4, 0.5) is 0 Å². The van der Waals surface area contributed by atoms with Crippen LogP contribution in [-0.2, 0) is 12.8 Å². The summed E-state index contributed by atoms with van der Waals surface area (Å²) in [5, 5.41) is 6.81. The minimum atomic E-state index is 0.300. The second-order valence-electron chi connectivity index (χ2n) is 4.35. The lowest BCUT2D eigenvalue weighted by Gasteiger charge is -2.16. The number of likely N-dealkylation sites (N-methyl/N-ethyl adjacent to an activating group) is 1. The van der Waals surface area contributed by atoms with Gasteiger partial charge in [-0.2, -0.15) is 0 Å². The summed E-state index contributed by atoms with van der Waals surface area (Å²) in [7, 11) is 0. The maximum atomic E-state index is 5.53. The zero-order chi connectivity index (χ0) is 13.0. The molecule has 0 spiro atoms. The Morgan fingerprint density at radius 3 is 2.89 bits per heavy atom. The Balaban J connectivity index is 2.17. The van der Waals surface area contributed by atoms with Gasteiger partial charge in [-0.05, 0) is 19.5 Å². The van der Waals surface area contributed by atoms with E-state index in [4.69, 9.17) is 4.42 Å². The summed E-state index contributed by atoms with van der Waals surface area (Å²) in [6, 6.07) is 2.38. The maximum Gasteiger partial charge on any atom is 0.108 e. The third-order valence-electron chi connectivity index (χ3n) is 2.97. The number of furan rings is 1. The highest BCUT2D eigenvalue weighted by molar-refractivity contribution is 7.09. The molecular weight excluding hydrogens is 244 g/mol. The summed E-state index contributed by atoms with van der Waals surface area (Å²) in [5.74, 6) is 1.08. The second kappa shape index (κ2) is 6.16. The molecule has 98 valence electrons. The molecule has 2 aromatic rings. The lowest BCUT2D eigenvalue weighted by molar-refractivity contribution is 0.487. The highest BCUT2D eigenvalue weighted by atomic mass is 32.1. The van der Waals surface area contributed by atoms with Gasteiger partial charge in [0.25, 0.3) is 0 Å². The maximum absolute atomic E-state index is 5.53. The average molecular weight is 264 g/mol. The van der Waals surface area contributed by atoms with Gasteiger partial charge in [-0.15, -0.1) is 11.3 Å². The topological polar surface area (TPSA) is 38.1 Å². The molecule has 2 rings (SSSR count). The normalized spacial score (nSPS) is 12.8. The van der Waals surface area contributed by atoms with Crippen molar-refractivity contribution in [3.63, 3.8) is 0 Å². The molecule has 0 saturated heterocycles. The number of hydrogen-bond donors (Lipinski definition) is 1. The van der Waals surface area contributed by atoms with Gasteiger partial charge < -0.3 is 9.73 Å². The molecule has 0 bridgehead atoms. The highest BCUT2D eigenvalue weighted by Crippen LogP contribution is 2.25. The molecule has 1 atom stereocenters. The van der Waals surface area contributed by atoms with Crippen LogP contribution in [0.1, 0.15) is 41.9 Å². The van der Waals surface area contributed by atoms with E-state index < -0.39 is 0 Å². The Morgan fingerprint density at radius 2 is 2.28 bits per heavy atom. The Bertz CT molecular complexity index is 489. The van der Waals surface area contributed by atoms with E-state index in [1.54, 1.807) is 17.6 Å². The van der Waals surface area contributed by atoms with Gasteiger partial charge in [-0.1, -0.05) is 13.8 Å². The Morgan fingerprint density at radius 1 is 1.44 bits per heavy atom. The van der Waals surface area contributed by atoms with Crippen molar-refractivity contribution in [2.24, 2.45) is 0 Å². The summed E-state index contributed by atoms with van der Waals surface area (Å²) in [6.45, 7) is 7.24. The van der Waals surface area contributed by atoms with Crippen molar-refractivity contribution in [2.75, 3.05) is 6.54 Å². The summed E-state index contributed by atoms with van der Waals surface area (Å²) < 4.78 is 5.53. The summed E-state index contributed by atoms with van der Waals surface area (Å²) >= 11 is 1.73. The molecule has 0 aliphatic heterocycles. The van der Waals surface area contributed by atoms with Crippen LogP contribution in [0.3, 0.4) is 0 Å². The summed E-state index contributed by atoms with van der Waals surface area (Å²) in [6.07, 6.45) is 3.64. The third kappa shape index (κ3) is 3.00. The highest BCUT2D eigenvalue weighted by Gasteiger charge is 2.18. The fourth-order valence-corrected chi connectivity index (χ4v) is 2.98. The third-order valence-corrected chi connectivity index (χ3v) is 3.96. The molecule has 2 aromatic heterocycles. The number of nitrogens with one attached hydrogen (secondary N) is 1. The van der Waals surface area contributed by atoms with E-state index in [0.717, 1.165) is 30.8 Å². The first-order chi connectivity index (χ1) is 8.74. The van der Waals surface area contributed by atoms with Gasteiger partial charge in [0.2, 0.25) is 0 Å². The van der Waals surface area contributed by atoms with Gasteiger partial charge in [0.15, 0.2) is 0 Å². The molecule has 0 aliphatic rings. The van der Waals surface area contributed by atoms with Gasteiger partial charge in [-0.25, -0.2) is 4.98 Å². The number of rotatable bonds is 6. The van der Waals surface area contributed by atoms with Crippen LogP contribution in [-0.4, -0.2) is 11.5 Å². The molecule has 1 unspecified atom stereocenters. The lowest BCUT2D eigenvalue weighted by Crippen LogP contribution is -2.23. The van der Waals surface area contributed by atoms with Crippen LogP contribution in [0.25, 0.3) is 0 Å². The number of aryl methyl sites for hydroxylation is 2. The van der Waals surface area contributed by atoms with Crippen molar-refractivity contribution in [3.05, 3.63) is 39.7 Å². The van der Waals surface area contributed by atoms with Crippen molar-refractivity contribution in [3.8, 4) is 0 Å². The molecule has 0 amide bonds. The zero-order valence-corrected chi connectivity index (χ0v) is 12.0. The summed E-state index contributed by atoms with van der Waals surface area (Å²) in [5.41, 5.74) is 2.38. The first kappa shape index (κ1) is 13.3. The predicted octanol–water partition coefficient (Wildman–Crippen LogP) is 3.50. The molecule has 4 heteroatoms. The van der Waals surface area contributed by atoms with E-state index in [0.29, 0.717) is 6.04 Å². The largest absolute Gasteiger partial charge is 0.469 e. The van der Waals surface area contributed by atoms with Gasteiger partial charge in [0, 0.05) is 35.5 Å². The van der Waals surface area contributed by atoms with Crippen LogP contribution in [0.5, 0.6) is 0 Å². The van der Waals surface area contributed by atoms with Crippen LogP contribution < -0.4 is 5.32 Å². The second-order valence-corrected chi connectivity index (χ2v) is 5.29. The molecule has 0 aromatic carbocycles. The van der Waals surface area contributed by atoms with Gasteiger partial charge in [0.05, 0.1) is 11.3 Å². The molecule has 2 heterocycles. The van der Waals surface area contributed by atoms with Gasteiger partial charge in [-0.3, -0.25) is 0 Å². The van der Waals surface area contributed by atoms with Gasteiger partial charge >= 0.3 is 0 Å². The quantitative estimate of drug-likeness (QED) is 0.867. The Hall–Kier alpha value is -1.13. The SMILES string of the molecule is CCNC(Cc1nc(C)cs1)c1ccoc1CC. The molecule has 18 heavy (non-hydrogen) atoms. The van der Waals surface area contributed by atoms with E-state index in [1.165, 1.54) is 10.6 Å². The fourth-order valence-electron chi connectivity index (χ4n) is 2.16. The molecule has 0 saturated carbocycles. The molecular formula is C14H20N2OS. The van der Waals surface area contributed by atoms with Crippen LogP contribution >= 0.6 is 11.3 Å². The molecule has 0 radical (unpaired) electrons. The Kier molecular flexibility index (Phi) is 4.55. The predicted molar refractivity (Wildman–Crippen MR) is 75.1 cm³/mol. The van der Waals surface area contributed by atoms with Crippen LogP contribution in [0.15, 0.2) is 22.1 Å². The number of aromatic nitrogens is 1. The van der Waals surface area contributed by atoms with Crippen LogP contribution in [0.2, 0.25) is 0 Å². The molecule has 0 fully saturated rings. The lowest BCUT2D eigenvalue weighted by atomic mass is 10.0. The van der Waals surface area contributed by atoms with Crippen molar-refractivity contribution in [1.82, 2.24) is 10.3 Å². The molecule has 3 nitrogen and oxygen atoms in total. The zero-order valence-electron chi connectivity index (χ0n) is 11.2. The van der Waals surface area contributed by atoms with E-state index in [1.807, 2.05) is 6.92 Å². The standard InChI is InChI=1S/C14H20N2OS/c1-4-13-11(6-7-17-13)12(15-5-2)8-14-16-10(3)9-18-14/h6-7,9,12,15H,4-5,8H2,1-3H3. The minimum Gasteiger partial charge on any atom is -0.469 e. The number of nitrogens with zero attached hydrogens (tertiary/aromatic N) is 1. The van der Waals surface area contributed by atoms with Crippen molar-refractivity contribution < 1.29 is 4.42 Å².